The maximum absolute atomic E-state index is 11.7. The van der Waals surface area contributed by atoms with E-state index in [0.29, 0.717) is 19.7 Å². The third-order valence-corrected chi connectivity index (χ3v) is 3.24. The van der Waals surface area contributed by atoms with Crippen molar-refractivity contribution < 1.29 is 9.53 Å². The van der Waals surface area contributed by atoms with Crippen LogP contribution >= 0.6 is 0 Å². The number of carbonyl (C=O) groups is 1. The summed E-state index contributed by atoms with van der Waals surface area (Å²) < 4.78 is 5.24. The van der Waals surface area contributed by atoms with Gasteiger partial charge in [-0.3, -0.25) is 9.69 Å². The van der Waals surface area contributed by atoms with E-state index < -0.39 is 0 Å². The van der Waals surface area contributed by atoms with Gasteiger partial charge in [-0.1, -0.05) is 38.3 Å². The minimum Gasteiger partial charge on any atom is -0.465 e. The van der Waals surface area contributed by atoms with Crippen molar-refractivity contribution in [2.75, 3.05) is 26.2 Å². The topological polar surface area (TPSA) is 55.6 Å². The summed E-state index contributed by atoms with van der Waals surface area (Å²) in [5.74, 6) is -0.125. The zero-order chi connectivity index (χ0) is 13.2. The van der Waals surface area contributed by atoms with Gasteiger partial charge in [0.05, 0.1) is 13.2 Å². The van der Waals surface area contributed by atoms with E-state index in [2.05, 4.69) is 24.0 Å². The van der Waals surface area contributed by atoms with Crippen LogP contribution in [0, 0.1) is 0 Å². The predicted octanol–water partition coefficient (Wildman–Crippen LogP) is 1.70. The molecule has 0 fully saturated rings. The van der Waals surface area contributed by atoms with Crippen molar-refractivity contribution in [1.82, 2.24) is 4.90 Å². The summed E-state index contributed by atoms with van der Waals surface area (Å²) in [6.07, 6.45) is 9.72. The molecule has 0 bridgehead atoms. The van der Waals surface area contributed by atoms with Gasteiger partial charge < -0.3 is 10.5 Å². The standard InChI is InChI=1S/C14H26N2O2/c1-2-3-4-7-10-18-14(17)12-16-9-6-5-8-13(16)11-15/h5,8,13H,2-4,6-7,9-12,15H2,1H3. The van der Waals surface area contributed by atoms with Gasteiger partial charge in [0.1, 0.15) is 0 Å². The van der Waals surface area contributed by atoms with Gasteiger partial charge >= 0.3 is 5.97 Å². The van der Waals surface area contributed by atoms with Crippen LogP contribution in [0.2, 0.25) is 0 Å². The SMILES string of the molecule is CCCCCCOC(=O)CN1CCC=CC1CN. The Kier molecular flexibility index (Phi) is 7.69. The molecule has 1 heterocycles. The highest BCUT2D eigenvalue weighted by Crippen LogP contribution is 2.09. The van der Waals surface area contributed by atoms with Crippen molar-refractivity contribution in [3.8, 4) is 0 Å². The highest BCUT2D eigenvalue weighted by Gasteiger charge is 2.20. The normalized spacial score (nSPS) is 20.0. The number of ether oxygens (including phenoxy) is 1. The first-order valence-corrected chi connectivity index (χ1v) is 7.04. The summed E-state index contributed by atoms with van der Waals surface area (Å²) in [4.78, 5) is 13.8. The van der Waals surface area contributed by atoms with Crippen LogP contribution in [0.25, 0.3) is 0 Å². The molecule has 4 nitrogen and oxygen atoms in total. The molecule has 1 aliphatic heterocycles. The summed E-state index contributed by atoms with van der Waals surface area (Å²) in [6, 6.07) is 0.186. The third-order valence-electron chi connectivity index (χ3n) is 3.24. The lowest BCUT2D eigenvalue weighted by Crippen LogP contribution is -2.44. The molecule has 18 heavy (non-hydrogen) atoms. The van der Waals surface area contributed by atoms with E-state index in [4.69, 9.17) is 10.5 Å². The second-order valence-electron chi connectivity index (χ2n) is 4.77. The van der Waals surface area contributed by atoms with Crippen LogP contribution in [-0.4, -0.2) is 43.2 Å². The molecule has 0 radical (unpaired) electrons. The van der Waals surface area contributed by atoms with Crippen LogP contribution in [0.3, 0.4) is 0 Å². The van der Waals surface area contributed by atoms with Gasteiger partial charge in [-0.25, -0.2) is 0 Å². The van der Waals surface area contributed by atoms with E-state index in [-0.39, 0.29) is 12.0 Å². The Bertz CT molecular complexity index is 267. The van der Waals surface area contributed by atoms with Crippen molar-refractivity contribution in [1.29, 1.82) is 0 Å². The number of nitrogens with zero attached hydrogens (tertiary/aromatic N) is 1. The first-order chi connectivity index (χ1) is 8.77. The molecule has 1 atom stereocenters. The van der Waals surface area contributed by atoms with Gasteiger partial charge in [0.2, 0.25) is 0 Å². The molecule has 0 saturated carbocycles. The number of nitrogens with two attached hydrogens (primary N) is 1. The Labute approximate surface area is 110 Å². The largest absolute Gasteiger partial charge is 0.465 e. The summed E-state index contributed by atoms with van der Waals surface area (Å²) in [5.41, 5.74) is 5.68. The molecule has 0 amide bonds. The third kappa shape index (κ3) is 5.65. The van der Waals surface area contributed by atoms with Gasteiger partial charge in [-0.2, -0.15) is 0 Å². The van der Waals surface area contributed by atoms with Crippen LogP contribution in [-0.2, 0) is 9.53 Å². The summed E-state index contributed by atoms with van der Waals surface area (Å²) >= 11 is 0. The highest BCUT2D eigenvalue weighted by molar-refractivity contribution is 5.71. The molecule has 0 spiro atoms. The fraction of sp³-hybridized carbons (Fsp3) is 0.786. The van der Waals surface area contributed by atoms with Gasteiger partial charge in [0.25, 0.3) is 0 Å². The molecule has 1 aliphatic rings. The number of hydrogen-bond donors (Lipinski definition) is 1. The fourth-order valence-corrected chi connectivity index (χ4v) is 2.13. The lowest BCUT2D eigenvalue weighted by molar-refractivity contribution is -0.145. The summed E-state index contributed by atoms with van der Waals surface area (Å²) in [6.45, 7) is 4.53. The van der Waals surface area contributed by atoms with Crippen LogP contribution in [0.4, 0.5) is 0 Å². The van der Waals surface area contributed by atoms with E-state index in [1.807, 2.05) is 0 Å². The molecule has 2 N–H and O–H groups in total. The molecular formula is C14H26N2O2. The molecule has 1 rings (SSSR count). The van der Waals surface area contributed by atoms with Crippen molar-refractivity contribution in [2.24, 2.45) is 5.73 Å². The van der Waals surface area contributed by atoms with Crippen LogP contribution in [0.5, 0.6) is 0 Å². The quantitative estimate of drug-likeness (QED) is 0.407. The Morgan fingerprint density at radius 3 is 3.00 bits per heavy atom. The fourth-order valence-electron chi connectivity index (χ4n) is 2.13. The van der Waals surface area contributed by atoms with Gasteiger partial charge in [0, 0.05) is 19.1 Å². The zero-order valence-corrected chi connectivity index (χ0v) is 11.4. The maximum atomic E-state index is 11.7. The van der Waals surface area contributed by atoms with E-state index in [1.54, 1.807) is 0 Å². The molecule has 0 aromatic carbocycles. The zero-order valence-electron chi connectivity index (χ0n) is 11.4. The molecule has 4 heteroatoms. The second-order valence-corrected chi connectivity index (χ2v) is 4.77. The number of hydrogen-bond acceptors (Lipinski definition) is 4. The van der Waals surface area contributed by atoms with E-state index >= 15 is 0 Å². The lowest BCUT2D eigenvalue weighted by Gasteiger charge is -2.30. The molecule has 1 unspecified atom stereocenters. The Morgan fingerprint density at radius 1 is 1.44 bits per heavy atom. The Balaban J connectivity index is 2.17. The van der Waals surface area contributed by atoms with Crippen LogP contribution in [0.1, 0.15) is 39.0 Å². The van der Waals surface area contributed by atoms with Crippen molar-refractivity contribution >= 4 is 5.97 Å². The Hall–Kier alpha value is -0.870. The Morgan fingerprint density at radius 2 is 2.28 bits per heavy atom. The highest BCUT2D eigenvalue weighted by atomic mass is 16.5. The summed E-state index contributed by atoms with van der Waals surface area (Å²) in [5, 5.41) is 0. The van der Waals surface area contributed by atoms with E-state index in [1.165, 1.54) is 12.8 Å². The molecule has 104 valence electrons. The molecular weight excluding hydrogens is 228 g/mol. The molecule has 0 saturated heterocycles. The molecule has 0 aromatic heterocycles. The van der Waals surface area contributed by atoms with Crippen molar-refractivity contribution in [2.45, 2.75) is 45.1 Å². The monoisotopic (exact) mass is 254 g/mol. The predicted molar refractivity (Wildman–Crippen MR) is 73.3 cm³/mol. The van der Waals surface area contributed by atoms with Crippen molar-refractivity contribution in [3.63, 3.8) is 0 Å². The minimum atomic E-state index is -0.125. The maximum Gasteiger partial charge on any atom is 0.320 e. The van der Waals surface area contributed by atoms with Crippen LogP contribution in [0.15, 0.2) is 12.2 Å². The van der Waals surface area contributed by atoms with E-state index in [0.717, 1.165) is 25.8 Å². The lowest BCUT2D eigenvalue weighted by atomic mass is 10.1. The number of esters is 1. The number of carbonyl (C=O) groups excluding carboxylic acids is 1. The van der Waals surface area contributed by atoms with Crippen LogP contribution < -0.4 is 5.73 Å². The first kappa shape index (κ1) is 15.2. The minimum absolute atomic E-state index is 0.125. The number of unbranched alkanes of at least 4 members (excludes halogenated alkanes) is 3. The van der Waals surface area contributed by atoms with Gasteiger partial charge in [-0.05, 0) is 12.8 Å². The van der Waals surface area contributed by atoms with E-state index in [9.17, 15) is 4.79 Å². The molecule has 0 aliphatic carbocycles. The first-order valence-electron chi connectivity index (χ1n) is 7.04. The van der Waals surface area contributed by atoms with Crippen molar-refractivity contribution in [3.05, 3.63) is 12.2 Å². The average Bonchev–Trinajstić information content (AvgIpc) is 2.39. The average molecular weight is 254 g/mol. The number of rotatable bonds is 8. The smallest absolute Gasteiger partial charge is 0.320 e. The van der Waals surface area contributed by atoms with Gasteiger partial charge in [0.15, 0.2) is 0 Å². The van der Waals surface area contributed by atoms with Gasteiger partial charge in [-0.15, -0.1) is 0 Å². The second kappa shape index (κ2) is 9.11. The summed E-state index contributed by atoms with van der Waals surface area (Å²) in [7, 11) is 0. The molecule has 0 aromatic rings.